The van der Waals surface area contributed by atoms with E-state index in [1.807, 2.05) is 6.07 Å². The molecule has 0 spiro atoms. The maximum atomic E-state index is 11.2. The summed E-state index contributed by atoms with van der Waals surface area (Å²) in [7, 11) is 2.86. The van der Waals surface area contributed by atoms with Gasteiger partial charge in [0.25, 0.3) is 0 Å². The number of esters is 1. The van der Waals surface area contributed by atoms with Gasteiger partial charge in [0.1, 0.15) is 0 Å². The number of carbonyl (C=O) groups is 1. The van der Waals surface area contributed by atoms with Gasteiger partial charge in [-0.15, -0.1) is 0 Å². The topological polar surface area (TPSA) is 56.8 Å². The molecular formula is C14H18ClNO4. The minimum Gasteiger partial charge on any atom is -0.493 e. The van der Waals surface area contributed by atoms with Crippen LogP contribution in [0.1, 0.15) is 18.4 Å². The highest BCUT2D eigenvalue weighted by Crippen LogP contribution is 2.35. The zero-order valence-corrected chi connectivity index (χ0v) is 12.3. The molecule has 0 aliphatic heterocycles. The number of ether oxygens (including phenoxy) is 3. The van der Waals surface area contributed by atoms with Crippen molar-refractivity contribution in [2.75, 3.05) is 20.8 Å². The van der Waals surface area contributed by atoms with E-state index in [9.17, 15) is 4.79 Å². The lowest BCUT2D eigenvalue weighted by Crippen LogP contribution is -2.18. The third-order valence-corrected chi connectivity index (χ3v) is 3.26. The van der Waals surface area contributed by atoms with Gasteiger partial charge in [-0.05, 0) is 18.9 Å². The van der Waals surface area contributed by atoms with Gasteiger partial charge in [0.05, 0.1) is 14.2 Å². The van der Waals surface area contributed by atoms with E-state index in [4.69, 9.17) is 21.1 Å². The van der Waals surface area contributed by atoms with Gasteiger partial charge in [-0.1, -0.05) is 11.6 Å². The highest BCUT2D eigenvalue weighted by Gasteiger charge is 2.22. The van der Waals surface area contributed by atoms with Gasteiger partial charge in [-0.3, -0.25) is 0 Å². The number of nitrogens with one attached hydrogen (secondary N) is 1. The summed E-state index contributed by atoms with van der Waals surface area (Å²) >= 11 is 6.07. The van der Waals surface area contributed by atoms with Crippen molar-refractivity contribution in [1.29, 1.82) is 0 Å². The maximum Gasteiger partial charge on any atom is 0.343 e. The molecule has 1 fully saturated rings. The molecular weight excluding hydrogens is 282 g/mol. The number of hydrogen-bond acceptors (Lipinski definition) is 5. The Morgan fingerprint density at radius 1 is 1.40 bits per heavy atom. The molecule has 1 aromatic carbocycles. The molecule has 0 atom stereocenters. The fourth-order valence-electron chi connectivity index (χ4n) is 1.80. The molecule has 6 heteroatoms. The lowest BCUT2D eigenvalue weighted by molar-refractivity contribution is -0.142. The van der Waals surface area contributed by atoms with Crippen LogP contribution in [0.15, 0.2) is 12.1 Å². The van der Waals surface area contributed by atoms with Crippen molar-refractivity contribution in [3.8, 4) is 11.5 Å². The van der Waals surface area contributed by atoms with E-state index in [2.05, 4.69) is 10.1 Å². The zero-order valence-electron chi connectivity index (χ0n) is 11.6. The van der Waals surface area contributed by atoms with Gasteiger partial charge in [-0.25, -0.2) is 4.79 Å². The molecule has 1 aliphatic carbocycles. The van der Waals surface area contributed by atoms with Crippen LogP contribution in [0.25, 0.3) is 0 Å². The second kappa shape index (κ2) is 6.81. The molecule has 0 saturated heterocycles. The van der Waals surface area contributed by atoms with E-state index in [0.717, 1.165) is 5.56 Å². The molecule has 1 N–H and O–H groups in total. The molecule has 2 rings (SSSR count). The Morgan fingerprint density at radius 3 is 2.75 bits per heavy atom. The third kappa shape index (κ3) is 4.02. The number of halogens is 1. The average molecular weight is 300 g/mol. The van der Waals surface area contributed by atoms with Gasteiger partial charge in [-0.2, -0.15) is 0 Å². The van der Waals surface area contributed by atoms with Crippen LogP contribution in [0.4, 0.5) is 0 Å². The highest BCUT2D eigenvalue weighted by molar-refractivity contribution is 6.30. The third-order valence-electron chi connectivity index (χ3n) is 3.04. The van der Waals surface area contributed by atoms with Crippen LogP contribution in [0.5, 0.6) is 11.5 Å². The van der Waals surface area contributed by atoms with Crippen LogP contribution >= 0.6 is 11.6 Å². The first-order chi connectivity index (χ1) is 9.63. The van der Waals surface area contributed by atoms with Crippen molar-refractivity contribution in [2.45, 2.75) is 25.4 Å². The first-order valence-corrected chi connectivity index (χ1v) is 6.81. The molecule has 1 aliphatic rings. The minimum atomic E-state index is -0.442. The molecule has 1 saturated carbocycles. The van der Waals surface area contributed by atoms with Gasteiger partial charge in [0.2, 0.25) is 0 Å². The van der Waals surface area contributed by atoms with Gasteiger partial charge in [0, 0.05) is 29.2 Å². The van der Waals surface area contributed by atoms with E-state index in [1.54, 1.807) is 6.07 Å². The first kappa shape index (κ1) is 14.9. The summed E-state index contributed by atoms with van der Waals surface area (Å²) in [6.45, 7) is 0.461. The van der Waals surface area contributed by atoms with Crippen molar-refractivity contribution in [1.82, 2.24) is 5.32 Å². The lowest BCUT2D eigenvalue weighted by atomic mass is 10.2. The summed E-state index contributed by atoms with van der Waals surface area (Å²) in [5.41, 5.74) is 0.866. The maximum absolute atomic E-state index is 11.2. The first-order valence-electron chi connectivity index (χ1n) is 6.43. The Labute approximate surface area is 123 Å². The van der Waals surface area contributed by atoms with E-state index < -0.39 is 5.97 Å². The molecule has 0 aromatic heterocycles. The molecule has 0 radical (unpaired) electrons. The molecule has 1 aromatic rings. The second-order valence-corrected chi connectivity index (χ2v) is 5.05. The second-order valence-electron chi connectivity index (χ2n) is 4.62. The average Bonchev–Trinajstić information content (AvgIpc) is 3.26. The molecule has 0 amide bonds. The predicted octanol–water partition coefficient (Wildman–Crippen LogP) is 2.15. The lowest BCUT2D eigenvalue weighted by Gasteiger charge is -2.15. The Bertz CT molecular complexity index is 488. The summed E-state index contributed by atoms with van der Waals surface area (Å²) < 4.78 is 15.4. The summed E-state index contributed by atoms with van der Waals surface area (Å²) in [6, 6.07) is 4.04. The Morgan fingerprint density at radius 2 is 2.15 bits per heavy atom. The quantitative estimate of drug-likeness (QED) is 0.782. The Balaban J connectivity index is 2.16. The monoisotopic (exact) mass is 299 g/mol. The van der Waals surface area contributed by atoms with Crippen LogP contribution in [0.2, 0.25) is 5.02 Å². The van der Waals surface area contributed by atoms with Crippen LogP contribution in [0.3, 0.4) is 0 Å². The number of hydrogen-bond donors (Lipinski definition) is 1. The zero-order chi connectivity index (χ0) is 14.5. The van der Waals surface area contributed by atoms with Crippen LogP contribution in [0, 0.1) is 0 Å². The van der Waals surface area contributed by atoms with Gasteiger partial charge >= 0.3 is 5.97 Å². The fourth-order valence-corrected chi connectivity index (χ4v) is 2.03. The van der Waals surface area contributed by atoms with Crippen molar-refractivity contribution in [3.63, 3.8) is 0 Å². The van der Waals surface area contributed by atoms with Gasteiger partial charge in [0.15, 0.2) is 18.1 Å². The van der Waals surface area contributed by atoms with Crippen LogP contribution in [-0.4, -0.2) is 32.8 Å². The number of rotatable bonds is 7. The Kier molecular flexibility index (Phi) is 5.09. The summed E-state index contributed by atoms with van der Waals surface area (Å²) in [6.07, 6.45) is 2.38. The molecule has 5 nitrogen and oxygen atoms in total. The van der Waals surface area contributed by atoms with Crippen molar-refractivity contribution in [3.05, 3.63) is 22.7 Å². The molecule has 110 valence electrons. The SMILES string of the molecule is COC(=O)COc1c(CNC2CC2)cc(Cl)cc1OC. The van der Waals surface area contributed by atoms with Crippen molar-refractivity contribution < 1.29 is 19.0 Å². The number of methoxy groups -OCH3 is 2. The Hall–Kier alpha value is -1.46. The molecule has 0 heterocycles. The molecule has 0 unspecified atom stereocenters. The predicted molar refractivity (Wildman–Crippen MR) is 75.4 cm³/mol. The van der Waals surface area contributed by atoms with E-state index >= 15 is 0 Å². The molecule has 20 heavy (non-hydrogen) atoms. The van der Waals surface area contributed by atoms with E-state index in [0.29, 0.717) is 29.1 Å². The normalized spacial score (nSPS) is 13.9. The van der Waals surface area contributed by atoms with Crippen LogP contribution < -0.4 is 14.8 Å². The summed E-state index contributed by atoms with van der Waals surface area (Å²) in [5.74, 6) is 0.590. The number of benzene rings is 1. The largest absolute Gasteiger partial charge is 0.493 e. The summed E-state index contributed by atoms with van der Waals surface area (Å²) in [4.78, 5) is 11.2. The standard InChI is InChI=1S/C14H18ClNO4/c1-18-12-6-10(15)5-9(7-16-11-3-4-11)14(12)20-8-13(17)19-2/h5-6,11,16H,3-4,7-8H2,1-2H3. The minimum absolute atomic E-state index is 0.162. The highest BCUT2D eigenvalue weighted by atomic mass is 35.5. The van der Waals surface area contributed by atoms with E-state index in [1.165, 1.54) is 27.1 Å². The summed E-state index contributed by atoms with van der Waals surface area (Å²) in [5, 5.41) is 3.95. The van der Waals surface area contributed by atoms with Gasteiger partial charge < -0.3 is 19.5 Å². The smallest absolute Gasteiger partial charge is 0.343 e. The van der Waals surface area contributed by atoms with E-state index in [-0.39, 0.29) is 6.61 Å². The number of carbonyl (C=O) groups excluding carboxylic acids is 1. The molecule has 0 bridgehead atoms. The fraction of sp³-hybridized carbons (Fsp3) is 0.500. The van der Waals surface area contributed by atoms with Crippen molar-refractivity contribution >= 4 is 17.6 Å². The van der Waals surface area contributed by atoms with Crippen molar-refractivity contribution in [2.24, 2.45) is 0 Å². The van der Waals surface area contributed by atoms with Crippen LogP contribution in [-0.2, 0) is 16.1 Å².